The van der Waals surface area contributed by atoms with Crippen LogP contribution in [0, 0.1) is 0 Å². The van der Waals surface area contributed by atoms with Crippen molar-refractivity contribution in [1.82, 2.24) is 24.8 Å². The molecule has 2 atom stereocenters. The third-order valence-corrected chi connectivity index (χ3v) is 8.27. The van der Waals surface area contributed by atoms with Gasteiger partial charge in [0.05, 0.1) is 5.69 Å². The lowest BCUT2D eigenvalue weighted by molar-refractivity contribution is 0.560. The number of fused-ring (bicyclic) bond motifs is 1. The number of pyridine rings is 1. The molecule has 3 aromatic heterocycles. The zero-order valence-corrected chi connectivity index (χ0v) is 30.7. The molecule has 10 heteroatoms. The molecule has 0 aliphatic carbocycles. The van der Waals surface area contributed by atoms with E-state index >= 15 is 0 Å². The topological polar surface area (TPSA) is 166 Å². The SMILES string of the molecule is CCc1cc(CCC[C@H](C)N)nc(C(C)(C)C)c1.C[C@H](NCCCN=C(N)N)c1ccc(-n2cc3cc(C(C)(C)C)[nH]c3nc2=O)cc1. The third-order valence-electron chi connectivity index (χ3n) is 8.27. The average Bonchev–Trinajstić information content (AvgIpc) is 3.43. The van der Waals surface area contributed by atoms with Crippen LogP contribution in [0.4, 0.5) is 0 Å². The molecule has 0 saturated carbocycles. The summed E-state index contributed by atoms with van der Waals surface area (Å²) in [5.41, 5.74) is 23.7. The summed E-state index contributed by atoms with van der Waals surface area (Å²) in [4.78, 5) is 28.8. The Morgan fingerprint density at radius 3 is 2.25 bits per heavy atom. The molecule has 0 aliphatic heterocycles. The van der Waals surface area contributed by atoms with Crippen molar-refractivity contribution in [3.8, 4) is 5.69 Å². The number of aliphatic imine (C=N–C) groups is 1. The van der Waals surface area contributed by atoms with E-state index in [1.54, 1.807) is 4.57 Å². The molecule has 262 valence electrons. The van der Waals surface area contributed by atoms with E-state index in [9.17, 15) is 4.79 Å². The molecule has 0 unspecified atom stereocenters. The lowest BCUT2D eigenvalue weighted by Gasteiger charge is -2.20. The fourth-order valence-corrected chi connectivity index (χ4v) is 5.20. The number of nitrogens with zero attached hydrogens (tertiary/aromatic N) is 4. The zero-order valence-electron chi connectivity index (χ0n) is 30.7. The van der Waals surface area contributed by atoms with Crippen LogP contribution in [0.3, 0.4) is 0 Å². The van der Waals surface area contributed by atoms with Gasteiger partial charge in [-0.2, -0.15) is 4.98 Å². The molecule has 0 amide bonds. The van der Waals surface area contributed by atoms with Crippen molar-refractivity contribution in [2.24, 2.45) is 22.2 Å². The van der Waals surface area contributed by atoms with Crippen molar-refractivity contribution >= 4 is 17.0 Å². The molecule has 0 saturated heterocycles. The molecule has 0 aliphatic rings. The number of hydrogen-bond acceptors (Lipinski definition) is 6. The second kappa shape index (κ2) is 16.9. The monoisotopic (exact) mass is 657 g/mol. The summed E-state index contributed by atoms with van der Waals surface area (Å²) in [6.07, 6.45) is 7.01. The number of aromatic nitrogens is 4. The fourth-order valence-electron chi connectivity index (χ4n) is 5.20. The first-order valence-corrected chi connectivity index (χ1v) is 17.3. The highest BCUT2D eigenvalue weighted by molar-refractivity contribution is 5.76. The smallest absolute Gasteiger partial charge is 0.354 e. The lowest BCUT2D eigenvalue weighted by Crippen LogP contribution is -2.24. The van der Waals surface area contributed by atoms with Crippen LogP contribution < -0.4 is 28.2 Å². The molecule has 48 heavy (non-hydrogen) atoms. The van der Waals surface area contributed by atoms with Gasteiger partial charge in [0, 0.05) is 58.1 Å². The molecule has 8 N–H and O–H groups in total. The Morgan fingerprint density at radius 2 is 1.67 bits per heavy atom. The van der Waals surface area contributed by atoms with Gasteiger partial charge in [-0.15, -0.1) is 0 Å². The predicted molar refractivity (Wildman–Crippen MR) is 201 cm³/mol. The fraction of sp³-hybridized carbons (Fsp3) is 0.526. The highest BCUT2D eigenvalue weighted by Gasteiger charge is 2.18. The van der Waals surface area contributed by atoms with Crippen molar-refractivity contribution in [2.75, 3.05) is 13.1 Å². The minimum absolute atomic E-state index is 0.0390. The normalized spacial score (nSPS) is 13.1. The highest BCUT2D eigenvalue weighted by Crippen LogP contribution is 2.25. The third kappa shape index (κ3) is 11.6. The van der Waals surface area contributed by atoms with Gasteiger partial charge in [0.15, 0.2) is 5.96 Å². The van der Waals surface area contributed by atoms with E-state index in [0.29, 0.717) is 18.2 Å². The maximum absolute atomic E-state index is 12.6. The molecular formula is C38H59N9O. The van der Waals surface area contributed by atoms with Crippen molar-refractivity contribution in [3.05, 3.63) is 87.4 Å². The Balaban J connectivity index is 0.000000297. The molecule has 0 spiro atoms. The number of nitrogens with two attached hydrogens (primary N) is 3. The Bertz CT molecular complexity index is 1680. The summed E-state index contributed by atoms with van der Waals surface area (Å²) in [5, 5.41) is 4.36. The molecule has 10 nitrogen and oxygen atoms in total. The summed E-state index contributed by atoms with van der Waals surface area (Å²) < 4.78 is 1.58. The number of nitrogens with one attached hydrogen (secondary N) is 2. The van der Waals surface area contributed by atoms with Crippen LogP contribution in [-0.4, -0.2) is 44.6 Å². The number of aryl methyl sites for hydroxylation is 2. The number of rotatable bonds is 12. The van der Waals surface area contributed by atoms with Crippen LogP contribution >= 0.6 is 0 Å². The van der Waals surface area contributed by atoms with Crippen molar-refractivity contribution < 1.29 is 0 Å². The molecular weight excluding hydrogens is 598 g/mol. The Morgan fingerprint density at radius 1 is 0.979 bits per heavy atom. The number of hydrogen-bond donors (Lipinski definition) is 5. The number of benzene rings is 1. The van der Waals surface area contributed by atoms with Gasteiger partial charge in [-0.3, -0.25) is 14.5 Å². The largest absolute Gasteiger partial charge is 0.370 e. The van der Waals surface area contributed by atoms with Crippen LogP contribution in [-0.2, 0) is 23.7 Å². The number of guanidine groups is 1. The Hall–Kier alpha value is -4.02. The quantitative estimate of drug-likeness (QED) is 0.0715. The summed E-state index contributed by atoms with van der Waals surface area (Å²) in [6.45, 7) is 20.8. The molecule has 0 radical (unpaired) electrons. The predicted octanol–water partition coefficient (Wildman–Crippen LogP) is 5.94. The van der Waals surface area contributed by atoms with E-state index in [4.69, 9.17) is 22.2 Å². The van der Waals surface area contributed by atoms with Gasteiger partial charge >= 0.3 is 5.69 Å². The number of aromatic amines is 1. The molecule has 3 heterocycles. The van der Waals surface area contributed by atoms with E-state index in [2.05, 4.69) is 101 Å². The molecule has 1 aromatic carbocycles. The van der Waals surface area contributed by atoms with E-state index in [1.165, 1.54) is 17.0 Å². The standard InChI is InChI=1S/C22H31N7O.C16H28N2/c1-14(25-10-5-11-26-20(23)24)15-6-8-17(9-7-15)29-13-16-12-18(22(2,3)4)27-19(16)28-21(29)30;1-6-13-10-14(9-7-8-12(2)17)18-15(11-13)16(3,4)5/h6-9,12-14,25H,5,10-11H2,1-4H3,(H4,23,24,26)(H,27,28,30);10-12H,6-9,17H2,1-5H3/t14-;12-/m00/s1. The second-order valence-corrected chi connectivity index (χ2v) is 14.9. The van der Waals surface area contributed by atoms with Crippen molar-refractivity contribution in [3.63, 3.8) is 0 Å². The maximum Gasteiger partial charge on any atom is 0.354 e. The summed E-state index contributed by atoms with van der Waals surface area (Å²) in [6, 6.07) is 15.0. The highest BCUT2D eigenvalue weighted by atomic mass is 16.1. The van der Waals surface area contributed by atoms with Crippen molar-refractivity contribution in [2.45, 2.75) is 117 Å². The van der Waals surface area contributed by atoms with Crippen LogP contribution in [0.2, 0.25) is 0 Å². The van der Waals surface area contributed by atoms with E-state index in [1.807, 2.05) is 30.5 Å². The average molecular weight is 658 g/mol. The first-order chi connectivity index (χ1) is 22.5. The zero-order chi connectivity index (χ0) is 35.6. The molecule has 4 rings (SSSR count). The van der Waals surface area contributed by atoms with E-state index in [-0.39, 0.29) is 28.5 Å². The first-order valence-electron chi connectivity index (χ1n) is 17.3. The molecule has 0 fully saturated rings. The Kier molecular flexibility index (Phi) is 13.5. The minimum Gasteiger partial charge on any atom is -0.370 e. The first kappa shape index (κ1) is 38.4. The van der Waals surface area contributed by atoms with Gasteiger partial charge in [0.25, 0.3) is 0 Å². The van der Waals surface area contributed by atoms with Crippen LogP contribution in [0.15, 0.2) is 58.4 Å². The number of H-pyrrole nitrogens is 1. The van der Waals surface area contributed by atoms with Crippen LogP contribution in [0.1, 0.15) is 116 Å². The van der Waals surface area contributed by atoms with Crippen LogP contribution in [0.25, 0.3) is 16.7 Å². The van der Waals surface area contributed by atoms with Gasteiger partial charge in [0.2, 0.25) is 0 Å². The minimum atomic E-state index is -0.302. The van der Waals surface area contributed by atoms with Gasteiger partial charge < -0.3 is 27.5 Å². The second-order valence-electron chi connectivity index (χ2n) is 14.9. The van der Waals surface area contributed by atoms with Gasteiger partial charge in [-0.25, -0.2) is 4.79 Å². The van der Waals surface area contributed by atoms with Crippen LogP contribution in [0.5, 0.6) is 0 Å². The molecule has 4 aromatic rings. The van der Waals surface area contributed by atoms with Crippen molar-refractivity contribution in [1.29, 1.82) is 0 Å². The van der Waals surface area contributed by atoms with Gasteiger partial charge in [-0.1, -0.05) is 60.6 Å². The Labute approximate surface area is 287 Å². The summed E-state index contributed by atoms with van der Waals surface area (Å²) in [5.74, 6) is 0.121. The summed E-state index contributed by atoms with van der Waals surface area (Å²) in [7, 11) is 0. The van der Waals surface area contributed by atoms with E-state index < -0.39 is 0 Å². The molecule has 0 bridgehead atoms. The van der Waals surface area contributed by atoms with Gasteiger partial charge in [0.1, 0.15) is 5.65 Å². The van der Waals surface area contributed by atoms with Gasteiger partial charge in [-0.05, 0) is 94.0 Å². The summed E-state index contributed by atoms with van der Waals surface area (Å²) >= 11 is 0. The van der Waals surface area contributed by atoms with E-state index in [0.717, 1.165) is 61.0 Å². The lowest BCUT2D eigenvalue weighted by atomic mass is 9.90. The maximum atomic E-state index is 12.6.